The molecule has 1 aliphatic heterocycles. The van der Waals surface area contributed by atoms with Crippen LogP contribution in [0.2, 0.25) is 0 Å². The Balaban J connectivity index is 1.32. The maximum atomic E-state index is 12.7. The second-order valence-electron chi connectivity index (χ2n) is 8.00. The molecule has 3 amide bonds. The van der Waals surface area contributed by atoms with Crippen LogP contribution in [0.25, 0.3) is 0 Å². The number of urea groups is 1. The number of nitrogens with one attached hydrogen (secondary N) is 2. The highest BCUT2D eigenvalue weighted by Crippen LogP contribution is 2.37. The summed E-state index contributed by atoms with van der Waals surface area (Å²) >= 11 is 3.61. The quantitative estimate of drug-likeness (QED) is 0.666. The summed E-state index contributed by atoms with van der Waals surface area (Å²) in [7, 11) is 0. The highest BCUT2D eigenvalue weighted by Gasteiger charge is 2.28. The van der Waals surface area contributed by atoms with E-state index in [-0.39, 0.29) is 18.0 Å². The molecule has 160 valence electrons. The zero-order valence-electron chi connectivity index (χ0n) is 17.1. The van der Waals surface area contributed by atoms with Crippen LogP contribution in [0.4, 0.5) is 10.5 Å². The first-order chi connectivity index (χ1) is 14.7. The predicted octanol–water partition coefficient (Wildman–Crippen LogP) is 4.92. The van der Waals surface area contributed by atoms with Crippen LogP contribution in [-0.4, -0.2) is 41.4 Å². The van der Waals surface area contributed by atoms with Gasteiger partial charge >= 0.3 is 6.03 Å². The van der Waals surface area contributed by atoms with Crippen LogP contribution in [0.5, 0.6) is 0 Å². The average molecular weight is 444 g/mol. The molecule has 0 radical (unpaired) electrons. The molecule has 1 aromatic carbocycles. The zero-order valence-corrected chi connectivity index (χ0v) is 18.8. The molecule has 2 heterocycles. The molecule has 0 bridgehead atoms. The molecule has 2 aliphatic rings. The van der Waals surface area contributed by atoms with Gasteiger partial charge in [0.15, 0.2) is 0 Å². The van der Waals surface area contributed by atoms with Gasteiger partial charge < -0.3 is 15.5 Å². The van der Waals surface area contributed by atoms with E-state index < -0.39 is 0 Å². The molecule has 2 aromatic rings. The van der Waals surface area contributed by atoms with Crippen molar-refractivity contribution in [3.05, 3.63) is 52.2 Å². The van der Waals surface area contributed by atoms with Crippen LogP contribution in [0, 0.1) is 5.92 Å². The Kier molecular flexibility index (Phi) is 7.33. The van der Waals surface area contributed by atoms with Crippen molar-refractivity contribution in [2.75, 3.05) is 29.9 Å². The molecule has 0 spiro atoms. The summed E-state index contributed by atoms with van der Waals surface area (Å²) in [4.78, 5) is 28.3. The van der Waals surface area contributed by atoms with Crippen molar-refractivity contribution in [2.24, 2.45) is 5.92 Å². The third kappa shape index (κ3) is 5.58. The first-order valence-electron chi connectivity index (χ1n) is 10.7. The minimum Gasteiger partial charge on any atom is -0.341 e. The highest BCUT2D eigenvalue weighted by atomic mass is 32.2. The summed E-state index contributed by atoms with van der Waals surface area (Å²) in [6.45, 7) is 1.69. The maximum Gasteiger partial charge on any atom is 0.319 e. The van der Waals surface area contributed by atoms with E-state index in [1.807, 2.05) is 47.0 Å². The lowest BCUT2D eigenvalue weighted by Crippen LogP contribution is -2.38. The van der Waals surface area contributed by atoms with Crippen LogP contribution in [0.15, 0.2) is 41.8 Å². The molecular weight excluding hydrogens is 414 g/mol. The topological polar surface area (TPSA) is 61.4 Å². The summed E-state index contributed by atoms with van der Waals surface area (Å²) in [5.74, 6) is 2.74. The molecule has 1 saturated carbocycles. The Labute approximate surface area is 186 Å². The summed E-state index contributed by atoms with van der Waals surface area (Å²) in [6, 6.07) is 11.7. The van der Waals surface area contributed by atoms with Gasteiger partial charge in [-0.1, -0.05) is 31.0 Å². The fourth-order valence-electron chi connectivity index (χ4n) is 4.29. The number of rotatable bonds is 6. The average Bonchev–Trinajstić information content (AvgIpc) is 3.49. The van der Waals surface area contributed by atoms with Gasteiger partial charge in [-0.2, -0.15) is 11.8 Å². The summed E-state index contributed by atoms with van der Waals surface area (Å²) in [5.41, 5.74) is 1.72. The van der Waals surface area contributed by atoms with Gasteiger partial charge in [-0.3, -0.25) is 4.79 Å². The fourth-order valence-corrected chi connectivity index (χ4v) is 6.07. The molecule has 2 fully saturated rings. The normalized spacial score (nSPS) is 18.2. The van der Waals surface area contributed by atoms with Crippen LogP contribution < -0.4 is 10.6 Å². The Morgan fingerprint density at radius 3 is 2.47 bits per heavy atom. The third-order valence-electron chi connectivity index (χ3n) is 5.94. The van der Waals surface area contributed by atoms with E-state index >= 15 is 0 Å². The van der Waals surface area contributed by atoms with Gasteiger partial charge in [0.25, 0.3) is 0 Å². The minimum atomic E-state index is -0.171. The molecule has 7 heteroatoms. The summed E-state index contributed by atoms with van der Waals surface area (Å²) < 4.78 is 0. The molecular formula is C23H29N3O2S2. The minimum absolute atomic E-state index is 0.0760. The first-order valence-corrected chi connectivity index (χ1v) is 12.8. The lowest BCUT2D eigenvalue weighted by atomic mass is 9.97. The van der Waals surface area contributed by atoms with Crippen molar-refractivity contribution in [1.29, 1.82) is 0 Å². The third-order valence-corrected chi connectivity index (χ3v) is 7.84. The Morgan fingerprint density at radius 2 is 1.80 bits per heavy atom. The number of benzene rings is 1. The van der Waals surface area contributed by atoms with Gasteiger partial charge in [0.05, 0.1) is 12.5 Å². The lowest BCUT2D eigenvalue weighted by molar-refractivity contribution is -0.130. The molecule has 4 rings (SSSR count). The van der Waals surface area contributed by atoms with Crippen molar-refractivity contribution < 1.29 is 9.59 Å². The van der Waals surface area contributed by atoms with Gasteiger partial charge in [0, 0.05) is 35.2 Å². The van der Waals surface area contributed by atoms with Gasteiger partial charge in [-0.05, 0) is 47.9 Å². The van der Waals surface area contributed by atoms with Gasteiger partial charge in [0.2, 0.25) is 5.91 Å². The predicted molar refractivity (Wildman–Crippen MR) is 125 cm³/mol. The molecule has 1 aliphatic carbocycles. The maximum absolute atomic E-state index is 12.7. The first kappa shape index (κ1) is 21.2. The van der Waals surface area contributed by atoms with E-state index in [2.05, 4.69) is 22.1 Å². The number of thiophene rings is 1. The standard InChI is InChI=1S/C23H29N3O2S2/c27-21(26-11-14-29-15-12-26)16-17-7-9-19(10-8-17)24-23(28)25-22(18-4-1-2-5-18)20-6-3-13-30-20/h3,6-10,13,18,22H,1-2,4-5,11-12,14-16H2,(H2,24,25,28). The molecule has 5 nitrogen and oxygen atoms in total. The highest BCUT2D eigenvalue weighted by molar-refractivity contribution is 7.99. The van der Waals surface area contributed by atoms with Crippen molar-refractivity contribution in [3.8, 4) is 0 Å². The van der Waals surface area contributed by atoms with Crippen molar-refractivity contribution in [3.63, 3.8) is 0 Å². The number of nitrogens with zero attached hydrogens (tertiary/aromatic N) is 1. The SMILES string of the molecule is O=C(Nc1ccc(CC(=O)N2CCSCC2)cc1)NC(c1cccs1)C1CCCC1. The van der Waals surface area contributed by atoms with Crippen LogP contribution in [0.1, 0.15) is 42.2 Å². The molecule has 1 saturated heterocycles. The van der Waals surface area contributed by atoms with Crippen LogP contribution in [-0.2, 0) is 11.2 Å². The van der Waals surface area contributed by atoms with E-state index in [1.54, 1.807) is 11.3 Å². The van der Waals surface area contributed by atoms with Crippen LogP contribution in [0.3, 0.4) is 0 Å². The summed E-state index contributed by atoms with van der Waals surface area (Å²) in [5, 5.41) is 8.22. The van der Waals surface area contributed by atoms with Gasteiger partial charge in [-0.25, -0.2) is 4.79 Å². The molecule has 1 aromatic heterocycles. The Hall–Kier alpha value is -1.99. The van der Waals surface area contributed by atoms with Crippen molar-refractivity contribution in [2.45, 2.75) is 38.1 Å². The smallest absolute Gasteiger partial charge is 0.319 e. The fraction of sp³-hybridized carbons (Fsp3) is 0.478. The van der Waals surface area contributed by atoms with E-state index in [4.69, 9.17) is 0 Å². The number of carbonyl (C=O) groups excluding carboxylic acids is 2. The largest absolute Gasteiger partial charge is 0.341 e. The van der Waals surface area contributed by atoms with Crippen molar-refractivity contribution in [1.82, 2.24) is 10.2 Å². The zero-order chi connectivity index (χ0) is 20.8. The van der Waals surface area contributed by atoms with Gasteiger partial charge in [0.1, 0.15) is 0 Å². The number of thioether (sulfide) groups is 1. The van der Waals surface area contributed by atoms with E-state index in [9.17, 15) is 9.59 Å². The monoisotopic (exact) mass is 443 g/mol. The van der Waals surface area contributed by atoms with Gasteiger partial charge in [-0.15, -0.1) is 11.3 Å². The van der Waals surface area contributed by atoms with E-state index in [0.717, 1.165) is 35.8 Å². The molecule has 1 unspecified atom stereocenters. The number of hydrogen-bond acceptors (Lipinski definition) is 4. The van der Waals surface area contributed by atoms with Crippen LogP contribution >= 0.6 is 23.1 Å². The molecule has 1 atom stereocenters. The molecule has 2 N–H and O–H groups in total. The number of carbonyl (C=O) groups is 2. The Morgan fingerprint density at radius 1 is 1.07 bits per heavy atom. The summed E-state index contributed by atoms with van der Waals surface area (Å²) in [6.07, 6.45) is 5.24. The lowest BCUT2D eigenvalue weighted by Gasteiger charge is -2.26. The number of amides is 3. The molecule has 30 heavy (non-hydrogen) atoms. The Bertz CT molecular complexity index is 827. The number of anilines is 1. The second kappa shape index (κ2) is 10.4. The second-order valence-corrected chi connectivity index (χ2v) is 10.2. The van der Waals surface area contributed by atoms with Crippen molar-refractivity contribution >= 4 is 40.7 Å². The van der Waals surface area contributed by atoms with E-state index in [1.165, 1.54) is 30.6 Å². The van der Waals surface area contributed by atoms with E-state index in [0.29, 0.717) is 12.3 Å². The number of hydrogen-bond donors (Lipinski definition) is 2.